The summed E-state index contributed by atoms with van der Waals surface area (Å²) in [6, 6.07) is 15.8. The fourth-order valence-corrected chi connectivity index (χ4v) is 1.95. The second-order valence-corrected chi connectivity index (χ2v) is 4.40. The Hall–Kier alpha value is -2.34. The molecular formula is C15H13F3N2O. The van der Waals surface area contributed by atoms with Crippen molar-refractivity contribution in [2.45, 2.75) is 12.3 Å². The molecule has 1 unspecified atom stereocenters. The van der Waals surface area contributed by atoms with Crippen LogP contribution in [0.2, 0.25) is 0 Å². The molecule has 3 nitrogen and oxygen atoms in total. The smallest absolute Gasteiger partial charge is 0.329 e. The summed E-state index contributed by atoms with van der Waals surface area (Å²) in [6.07, 6.45) is -6.20. The molecule has 0 spiro atoms. The van der Waals surface area contributed by atoms with Gasteiger partial charge in [-0.3, -0.25) is 4.79 Å². The highest BCUT2D eigenvalue weighted by Crippen LogP contribution is 2.27. The van der Waals surface area contributed by atoms with E-state index in [0.717, 1.165) is 5.56 Å². The van der Waals surface area contributed by atoms with Crippen LogP contribution in [-0.2, 0) is 4.79 Å². The summed E-state index contributed by atoms with van der Waals surface area (Å²) in [7, 11) is 0. The highest BCUT2D eigenvalue weighted by Gasteiger charge is 2.39. The van der Waals surface area contributed by atoms with Gasteiger partial charge in [0.1, 0.15) is 6.17 Å². The molecule has 110 valence electrons. The first kappa shape index (κ1) is 15.1. The number of alkyl halides is 3. The molecule has 1 atom stereocenters. The number of hydrogen-bond acceptors (Lipinski definition) is 2. The van der Waals surface area contributed by atoms with E-state index in [1.165, 1.54) is 0 Å². The van der Waals surface area contributed by atoms with E-state index in [1.807, 2.05) is 30.3 Å². The number of nitrogens with two attached hydrogens (primary N) is 1. The maximum Gasteiger partial charge on any atom is 0.471 e. The molecule has 0 heterocycles. The number of nitrogens with one attached hydrogen (secondary N) is 1. The van der Waals surface area contributed by atoms with E-state index < -0.39 is 18.2 Å². The first-order valence-corrected chi connectivity index (χ1v) is 6.17. The molecule has 0 saturated carbocycles. The van der Waals surface area contributed by atoms with Crippen LogP contribution in [0.25, 0.3) is 11.1 Å². The van der Waals surface area contributed by atoms with Gasteiger partial charge in [0.2, 0.25) is 0 Å². The van der Waals surface area contributed by atoms with Crippen molar-refractivity contribution in [1.29, 1.82) is 0 Å². The lowest BCUT2D eigenvalue weighted by molar-refractivity contribution is -0.174. The third-order valence-electron chi connectivity index (χ3n) is 2.92. The molecule has 2 aromatic rings. The SMILES string of the molecule is NC(NC(=O)C(F)(F)F)c1ccccc1-c1ccccc1. The second-order valence-electron chi connectivity index (χ2n) is 4.40. The summed E-state index contributed by atoms with van der Waals surface area (Å²) in [5.41, 5.74) is 7.60. The lowest BCUT2D eigenvalue weighted by Gasteiger charge is -2.19. The summed E-state index contributed by atoms with van der Waals surface area (Å²) >= 11 is 0. The van der Waals surface area contributed by atoms with E-state index in [-0.39, 0.29) is 0 Å². The Morgan fingerprint density at radius 1 is 1.00 bits per heavy atom. The van der Waals surface area contributed by atoms with Gasteiger partial charge >= 0.3 is 12.1 Å². The summed E-state index contributed by atoms with van der Waals surface area (Å²) < 4.78 is 36.8. The minimum absolute atomic E-state index is 0.418. The Morgan fingerprint density at radius 2 is 1.57 bits per heavy atom. The zero-order chi connectivity index (χ0) is 15.5. The molecule has 0 fully saturated rings. The van der Waals surface area contributed by atoms with Crippen LogP contribution in [0, 0.1) is 0 Å². The number of halogens is 3. The van der Waals surface area contributed by atoms with Crippen LogP contribution >= 0.6 is 0 Å². The molecule has 1 amide bonds. The number of hydrogen-bond donors (Lipinski definition) is 2. The van der Waals surface area contributed by atoms with Crippen molar-refractivity contribution in [3.63, 3.8) is 0 Å². The van der Waals surface area contributed by atoms with Gasteiger partial charge in [0, 0.05) is 0 Å². The summed E-state index contributed by atoms with van der Waals surface area (Å²) in [5, 5.41) is 1.76. The van der Waals surface area contributed by atoms with Crippen LogP contribution in [0.5, 0.6) is 0 Å². The summed E-state index contributed by atoms with van der Waals surface area (Å²) in [6.45, 7) is 0. The predicted molar refractivity (Wildman–Crippen MR) is 73.0 cm³/mol. The second kappa shape index (κ2) is 5.97. The van der Waals surface area contributed by atoms with Crippen molar-refractivity contribution in [3.8, 4) is 11.1 Å². The zero-order valence-corrected chi connectivity index (χ0v) is 10.9. The normalized spacial score (nSPS) is 12.8. The van der Waals surface area contributed by atoms with E-state index in [2.05, 4.69) is 0 Å². The average Bonchev–Trinajstić information content (AvgIpc) is 2.47. The minimum Gasteiger partial charge on any atom is -0.329 e. The molecule has 0 bridgehead atoms. The molecule has 0 aromatic heterocycles. The number of carbonyl (C=O) groups is 1. The van der Waals surface area contributed by atoms with Crippen LogP contribution < -0.4 is 11.1 Å². The average molecular weight is 294 g/mol. The van der Waals surface area contributed by atoms with Crippen molar-refractivity contribution in [2.75, 3.05) is 0 Å². The van der Waals surface area contributed by atoms with Crippen molar-refractivity contribution < 1.29 is 18.0 Å². The van der Waals surface area contributed by atoms with Crippen LogP contribution in [0.3, 0.4) is 0 Å². The summed E-state index contributed by atoms with van der Waals surface area (Å²) in [5.74, 6) is -2.06. The molecule has 6 heteroatoms. The topological polar surface area (TPSA) is 55.1 Å². The first-order chi connectivity index (χ1) is 9.89. The van der Waals surface area contributed by atoms with Crippen molar-refractivity contribution in [2.24, 2.45) is 5.73 Å². The van der Waals surface area contributed by atoms with Gasteiger partial charge in [0.15, 0.2) is 0 Å². The van der Waals surface area contributed by atoms with Gasteiger partial charge in [-0.25, -0.2) is 0 Å². The number of carbonyl (C=O) groups excluding carboxylic acids is 1. The standard InChI is InChI=1S/C15H13F3N2O/c16-15(17,18)14(21)20-13(19)12-9-5-4-8-11(12)10-6-2-1-3-7-10/h1-9,13H,19H2,(H,20,21). The highest BCUT2D eigenvalue weighted by molar-refractivity contribution is 5.82. The molecular weight excluding hydrogens is 281 g/mol. The number of rotatable bonds is 3. The number of benzene rings is 2. The fourth-order valence-electron chi connectivity index (χ4n) is 1.95. The van der Waals surface area contributed by atoms with Gasteiger partial charge in [0.25, 0.3) is 0 Å². The van der Waals surface area contributed by atoms with Crippen LogP contribution in [-0.4, -0.2) is 12.1 Å². The molecule has 21 heavy (non-hydrogen) atoms. The van der Waals surface area contributed by atoms with E-state index in [9.17, 15) is 18.0 Å². The van der Waals surface area contributed by atoms with E-state index in [0.29, 0.717) is 11.1 Å². The molecule has 3 N–H and O–H groups in total. The van der Waals surface area contributed by atoms with E-state index in [4.69, 9.17) is 5.73 Å². The third kappa shape index (κ3) is 3.61. The van der Waals surface area contributed by atoms with Gasteiger partial charge in [-0.1, -0.05) is 54.6 Å². The van der Waals surface area contributed by atoms with Crippen LogP contribution in [0.4, 0.5) is 13.2 Å². The van der Waals surface area contributed by atoms with Gasteiger partial charge in [-0.05, 0) is 16.7 Å². The Morgan fingerprint density at radius 3 is 2.19 bits per heavy atom. The Balaban J connectivity index is 2.31. The first-order valence-electron chi connectivity index (χ1n) is 6.17. The van der Waals surface area contributed by atoms with Crippen LogP contribution in [0.15, 0.2) is 54.6 Å². The van der Waals surface area contributed by atoms with Crippen molar-refractivity contribution in [3.05, 3.63) is 60.2 Å². The Labute approximate surface area is 119 Å². The van der Waals surface area contributed by atoms with Crippen molar-refractivity contribution in [1.82, 2.24) is 5.32 Å². The Bertz CT molecular complexity index is 626. The molecule has 2 aromatic carbocycles. The van der Waals surface area contributed by atoms with Gasteiger partial charge in [-0.15, -0.1) is 0 Å². The molecule has 2 rings (SSSR count). The molecule has 0 radical (unpaired) electrons. The zero-order valence-electron chi connectivity index (χ0n) is 10.9. The van der Waals surface area contributed by atoms with Crippen LogP contribution in [0.1, 0.15) is 11.7 Å². The maximum absolute atomic E-state index is 12.3. The summed E-state index contributed by atoms with van der Waals surface area (Å²) in [4.78, 5) is 11.0. The molecule has 0 aliphatic rings. The third-order valence-corrected chi connectivity index (χ3v) is 2.92. The van der Waals surface area contributed by atoms with E-state index in [1.54, 1.807) is 29.6 Å². The number of amides is 1. The quantitative estimate of drug-likeness (QED) is 0.855. The Kier molecular flexibility index (Phi) is 4.28. The maximum atomic E-state index is 12.3. The van der Waals surface area contributed by atoms with Gasteiger partial charge in [-0.2, -0.15) is 13.2 Å². The molecule has 0 aliphatic carbocycles. The van der Waals surface area contributed by atoms with Gasteiger partial charge < -0.3 is 11.1 Å². The fraction of sp³-hybridized carbons (Fsp3) is 0.133. The molecule has 0 aliphatic heterocycles. The monoisotopic (exact) mass is 294 g/mol. The minimum atomic E-state index is -4.96. The largest absolute Gasteiger partial charge is 0.471 e. The molecule has 0 saturated heterocycles. The van der Waals surface area contributed by atoms with Crippen molar-refractivity contribution >= 4 is 5.91 Å². The lowest BCUT2D eigenvalue weighted by Crippen LogP contribution is -2.42. The van der Waals surface area contributed by atoms with Gasteiger partial charge in [0.05, 0.1) is 0 Å². The van der Waals surface area contributed by atoms with E-state index >= 15 is 0 Å². The predicted octanol–water partition coefficient (Wildman–Crippen LogP) is 2.99. The lowest BCUT2D eigenvalue weighted by atomic mass is 9.98. The highest BCUT2D eigenvalue weighted by atomic mass is 19.4.